The van der Waals surface area contributed by atoms with Crippen molar-refractivity contribution >= 4 is 78.4 Å². The highest BCUT2D eigenvalue weighted by molar-refractivity contribution is 7.11. The normalized spacial score (nSPS) is 13.2. The minimum absolute atomic E-state index is 0.00414. The van der Waals surface area contributed by atoms with Crippen molar-refractivity contribution in [2.75, 3.05) is 0 Å². The third-order valence-electron chi connectivity index (χ3n) is 26.9. The van der Waals surface area contributed by atoms with Gasteiger partial charge in [0.2, 0.25) is 0 Å². The standard InChI is InChI=1S/C32H34N2O2.C31H30F2N2O2.C31H31FN2O2.C30H24F2N2O2S/c1-21(2)28-29(32(35)33-20-23-12-6-4-7-13-23)26-18-19-27(36-25-16-10-11-17-25)22(3)30(26)34-31(28)24-14-8-5-9-15-24;1-19(2)28-29(31(36)34-18-20-12-14-25(32)26(33)16-20)24-17-23(37-22-10-6-7-11-22)13-15-27(24)35-30(28)21-8-4-3-5-9-21;1-20(2)28-29(31(35)33-19-21-9-8-12-23(32)17-21)26-18-25(36-24-13-6-7-14-24)15-16-27(26)34-30(28)22-10-4-3-5-11-22;1-18(2)27-24(20-6-4-3-5-7-20)16-21-15-22(36-30-33-12-13-37-30)9-10-23(21)28(27)29(35)34-17-19-8-11-25(31)26(32)14-19/h4-9,12-15,18-19,21,25H,10-11,16-17,20H2,1-3H3,(H,33,35);3-5,8-9,12-17,19,22H,6-7,10-11,18H2,1-2H3,(H,34,36);3-5,8-12,15-18,20,24H,6-7,13-14,19H2,1-2H3,(H,33,35);3-16,18H,17H2,1-2H3,(H,34,35). The summed E-state index contributed by atoms with van der Waals surface area (Å²) in [6, 6.07) is 86.8. The zero-order valence-electron chi connectivity index (χ0n) is 83.5. The average molecular weight is 1980 g/mol. The number of nitrogens with one attached hydrogen (secondary N) is 4. The Morgan fingerprint density at radius 3 is 1.16 bits per heavy atom. The van der Waals surface area contributed by atoms with Crippen LogP contribution in [-0.4, -0.2) is 61.9 Å². The maximum atomic E-state index is 13.8. The van der Waals surface area contributed by atoms with E-state index in [0.717, 1.165) is 204 Å². The van der Waals surface area contributed by atoms with Crippen molar-refractivity contribution in [3.63, 3.8) is 0 Å². The fourth-order valence-electron chi connectivity index (χ4n) is 19.9. The molecule has 4 heterocycles. The molecule has 146 heavy (non-hydrogen) atoms. The number of pyridine rings is 3. The topological polar surface area (TPSA) is 205 Å². The van der Waals surface area contributed by atoms with Gasteiger partial charge in [-0.1, -0.05) is 243 Å². The van der Waals surface area contributed by atoms with Crippen molar-refractivity contribution in [2.24, 2.45) is 0 Å². The summed E-state index contributed by atoms with van der Waals surface area (Å²) in [4.78, 5) is 74.6. The molecule has 17 aromatic rings. The number of halogens is 5. The zero-order chi connectivity index (χ0) is 102. The lowest BCUT2D eigenvalue weighted by molar-refractivity contribution is 0.0943. The molecule has 0 radical (unpaired) electrons. The Balaban J connectivity index is 0.000000133. The first-order valence-electron chi connectivity index (χ1n) is 50.4. The molecule has 4 N–H and O–H groups in total. The predicted molar refractivity (Wildman–Crippen MR) is 573 cm³/mol. The van der Waals surface area contributed by atoms with E-state index in [-0.39, 0.29) is 91.1 Å². The maximum absolute atomic E-state index is 13.8. The van der Waals surface area contributed by atoms with Crippen LogP contribution in [0.3, 0.4) is 0 Å². The van der Waals surface area contributed by atoms with E-state index < -0.39 is 23.3 Å². The molecule has 3 saturated carbocycles. The molecular weight excluding hydrogens is 1860 g/mol. The number of aromatic nitrogens is 4. The Kier molecular flexibility index (Phi) is 33.2. The van der Waals surface area contributed by atoms with Gasteiger partial charge in [0.25, 0.3) is 28.8 Å². The molecule has 4 aromatic heterocycles. The summed E-state index contributed by atoms with van der Waals surface area (Å²) in [5.74, 6) is -1.74. The van der Waals surface area contributed by atoms with E-state index in [2.05, 4.69) is 92.9 Å². The number of fused-ring (bicyclic) bond motifs is 4. The zero-order valence-corrected chi connectivity index (χ0v) is 84.3. The second-order valence-electron chi connectivity index (χ2n) is 38.7. The van der Waals surface area contributed by atoms with E-state index in [0.29, 0.717) is 67.3 Å². The van der Waals surface area contributed by atoms with Gasteiger partial charge in [0.05, 0.1) is 74.2 Å². The van der Waals surface area contributed by atoms with Crippen molar-refractivity contribution in [1.82, 2.24) is 41.2 Å². The Morgan fingerprint density at radius 2 is 0.733 bits per heavy atom. The van der Waals surface area contributed by atoms with Crippen molar-refractivity contribution in [3.8, 4) is 73.1 Å². The first kappa shape index (κ1) is 102. The number of thiazole rings is 1. The van der Waals surface area contributed by atoms with E-state index in [1.807, 2.05) is 225 Å². The Morgan fingerprint density at radius 1 is 0.349 bits per heavy atom. The molecule has 0 bridgehead atoms. The highest BCUT2D eigenvalue weighted by Gasteiger charge is 2.32. The van der Waals surface area contributed by atoms with Crippen molar-refractivity contribution in [1.29, 1.82) is 0 Å². The van der Waals surface area contributed by atoms with Crippen molar-refractivity contribution < 1.29 is 60.1 Å². The van der Waals surface area contributed by atoms with E-state index >= 15 is 0 Å². The maximum Gasteiger partial charge on any atom is 0.278 e. The Bertz CT molecular complexity index is 7510. The van der Waals surface area contributed by atoms with Crippen LogP contribution in [0, 0.1) is 36.0 Å². The summed E-state index contributed by atoms with van der Waals surface area (Å²) < 4.78 is 92.8. The van der Waals surface area contributed by atoms with Crippen LogP contribution in [0.4, 0.5) is 22.0 Å². The molecule has 3 fully saturated rings. The minimum atomic E-state index is -0.945. The van der Waals surface area contributed by atoms with Crippen LogP contribution in [0.1, 0.15) is 248 Å². The lowest BCUT2D eigenvalue weighted by atomic mass is 9.84. The molecule has 4 amide bonds. The van der Waals surface area contributed by atoms with E-state index in [9.17, 15) is 41.1 Å². The summed E-state index contributed by atoms with van der Waals surface area (Å²) in [5.41, 5.74) is 19.3. The highest BCUT2D eigenvalue weighted by atomic mass is 32.1. The first-order valence-corrected chi connectivity index (χ1v) is 51.3. The summed E-state index contributed by atoms with van der Waals surface area (Å²) >= 11 is 1.40. The third-order valence-corrected chi connectivity index (χ3v) is 27.6. The van der Waals surface area contributed by atoms with Crippen LogP contribution in [0.2, 0.25) is 0 Å². The van der Waals surface area contributed by atoms with Crippen LogP contribution < -0.4 is 40.2 Å². The summed E-state index contributed by atoms with van der Waals surface area (Å²) in [6.07, 6.45) is 15.8. The summed E-state index contributed by atoms with van der Waals surface area (Å²) in [7, 11) is 0. The summed E-state index contributed by atoms with van der Waals surface area (Å²) in [5, 5.41) is 18.4. The van der Waals surface area contributed by atoms with Gasteiger partial charge in [0, 0.05) is 76.2 Å². The molecule has 20 rings (SSSR count). The van der Waals surface area contributed by atoms with Gasteiger partial charge in [0.15, 0.2) is 23.3 Å². The number of aryl methyl sites for hydroxylation is 1. The van der Waals surface area contributed by atoms with E-state index in [1.165, 1.54) is 61.3 Å². The Hall–Kier alpha value is -15.3. The second-order valence-corrected chi connectivity index (χ2v) is 39.5. The number of ether oxygens (including phenoxy) is 4. The molecule has 0 atom stereocenters. The van der Waals surface area contributed by atoms with Gasteiger partial charge in [-0.15, -0.1) is 0 Å². The number of nitrogens with zero attached hydrogens (tertiary/aromatic N) is 4. The number of hydrogen-bond acceptors (Lipinski definition) is 13. The second kappa shape index (κ2) is 47.5. The molecule has 3 aliphatic rings. The SMILES string of the molecule is CC(C)c1c(-c2ccccc2)cc2cc(Oc3nccs3)ccc2c1C(=O)NCc1ccc(F)c(F)c1.CC(C)c1c(-c2ccccc2)nc2ccc(OC3CCCC3)cc2c1C(=O)NCc1ccc(F)c(F)c1.CC(C)c1c(-c2ccccc2)nc2ccc(OC3CCCC3)cc2c1C(=O)NCc1cccc(F)c1.Cc1c(OC2CCCC2)ccc2c(C(=O)NCc3ccccc3)c(C(C)C)c(-c3ccccc3)nc12. The minimum Gasteiger partial charge on any atom is -0.490 e. The number of amides is 4. The quantitative estimate of drug-likeness (QED) is 0.0338. The molecule has 0 spiro atoms. The molecule has 3 aliphatic carbocycles. The van der Waals surface area contributed by atoms with E-state index in [1.54, 1.807) is 18.3 Å². The average Bonchev–Trinajstić information content (AvgIpc) is 0.919. The molecule has 16 nitrogen and oxygen atoms in total. The number of hydrogen-bond donors (Lipinski definition) is 4. The van der Waals surface area contributed by atoms with Gasteiger partial charge in [-0.3, -0.25) is 19.2 Å². The first-order chi connectivity index (χ1) is 70.8. The Labute approximate surface area is 853 Å². The molecule has 22 heteroatoms. The smallest absolute Gasteiger partial charge is 0.278 e. The molecule has 0 aliphatic heterocycles. The monoisotopic (exact) mass is 1970 g/mol. The van der Waals surface area contributed by atoms with Gasteiger partial charge in [-0.25, -0.2) is 41.9 Å². The largest absolute Gasteiger partial charge is 0.490 e. The third kappa shape index (κ3) is 24.5. The van der Waals surface area contributed by atoms with Gasteiger partial charge < -0.3 is 40.2 Å². The number of benzene rings is 13. The summed E-state index contributed by atoms with van der Waals surface area (Å²) in [6.45, 7) is 19.5. The highest BCUT2D eigenvalue weighted by Crippen LogP contribution is 2.45. The van der Waals surface area contributed by atoms with Crippen LogP contribution in [-0.2, 0) is 26.2 Å². The fourth-order valence-corrected chi connectivity index (χ4v) is 20.4. The van der Waals surface area contributed by atoms with Gasteiger partial charge in [-0.05, 0) is 283 Å². The van der Waals surface area contributed by atoms with Crippen molar-refractivity contribution in [2.45, 2.75) is 208 Å². The van der Waals surface area contributed by atoms with Crippen LogP contribution in [0.5, 0.6) is 28.2 Å². The van der Waals surface area contributed by atoms with Crippen LogP contribution in [0.15, 0.2) is 297 Å². The number of carbonyl (C=O) groups is 4. The van der Waals surface area contributed by atoms with Gasteiger partial charge >= 0.3 is 0 Å². The van der Waals surface area contributed by atoms with Crippen molar-refractivity contribution in [3.05, 3.63) is 398 Å². The number of rotatable bonds is 28. The lowest BCUT2D eigenvalue weighted by Gasteiger charge is -2.22. The molecule has 744 valence electrons. The lowest BCUT2D eigenvalue weighted by Crippen LogP contribution is -2.25. The molecule has 0 unspecified atom stereocenters. The van der Waals surface area contributed by atoms with Gasteiger partial charge in [0.1, 0.15) is 28.8 Å². The van der Waals surface area contributed by atoms with Crippen LogP contribution in [0.25, 0.3) is 88.4 Å². The fraction of sp³-hybridized carbons (Fsp3) is 0.258. The molecule has 0 saturated heterocycles. The molecular formula is C124H119F5N8O8S. The molecule has 13 aromatic carbocycles. The van der Waals surface area contributed by atoms with Gasteiger partial charge in [-0.2, -0.15) is 0 Å². The van der Waals surface area contributed by atoms with Crippen LogP contribution >= 0.6 is 11.3 Å². The van der Waals surface area contributed by atoms with E-state index in [4.69, 9.17) is 33.9 Å². The predicted octanol–water partition coefficient (Wildman–Crippen LogP) is 30.6. The number of carbonyl (C=O) groups excluding carboxylic acids is 4.